The summed E-state index contributed by atoms with van der Waals surface area (Å²) in [6.45, 7) is 5.99. The summed E-state index contributed by atoms with van der Waals surface area (Å²) in [5.74, 6) is 1.52. The predicted octanol–water partition coefficient (Wildman–Crippen LogP) is 1.20. The van der Waals surface area contributed by atoms with Gasteiger partial charge in [0.15, 0.2) is 0 Å². The van der Waals surface area contributed by atoms with E-state index in [1.165, 1.54) is 0 Å². The van der Waals surface area contributed by atoms with E-state index in [4.69, 9.17) is 0 Å². The van der Waals surface area contributed by atoms with E-state index in [0.29, 0.717) is 0 Å². The van der Waals surface area contributed by atoms with Gasteiger partial charge in [-0.15, -0.1) is 0 Å². The molecule has 0 aromatic rings. The van der Waals surface area contributed by atoms with Gasteiger partial charge in [-0.3, -0.25) is 0 Å². The van der Waals surface area contributed by atoms with Crippen LogP contribution < -0.4 is 0 Å². The van der Waals surface area contributed by atoms with Crippen molar-refractivity contribution >= 4 is 9.73 Å². The molecule has 78 valence electrons. The lowest BCUT2D eigenvalue weighted by atomic mass is 10.3. The van der Waals surface area contributed by atoms with Crippen molar-refractivity contribution in [3.63, 3.8) is 0 Å². The Bertz CT molecular complexity index is 255. The fourth-order valence-corrected chi connectivity index (χ4v) is 3.73. The third-order valence-electron chi connectivity index (χ3n) is 2.55. The molecular weight excluding hydrogens is 184 g/mol. The lowest BCUT2D eigenvalue weighted by molar-refractivity contribution is 0.365. The first-order chi connectivity index (χ1) is 6.06. The normalized spacial score (nSPS) is 25.5. The fourth-order valence-electron chi connectivity index (χ4n) is 1.32. The first kappa shape index (κ1) is 11.0. The van der Waals surface area contributed by atoms with Gasteiger partial charge in [-0.1, -0.05) is 6.92 Å². The molecule has 0 aromatic heterocycles. The van der Waals surface area contributed by atoms with E-state index in [0.717, 1.165) is 31.0 Å². The van der Waals surface area contributed by atoms with Crippen molar-refractivity contribution in [3.05, 3.63) is 0 Å². The van der Waals surface area contributed by atoms with Gasteiger partial charge in [-0.05, 0) is 20.4 Å². The molecule has 0 radical (unpaired) electrons. The summed E-state index contributed by atoms with van der Waals surface area (Å²) >= 11 is 0. The Morgan fingerprint density at radius 1 is 1.46 bits per heavy atom. The molecule has 1 aliphatic rings. The summed E-state index contributed by atoms with van der Waals surface area (Å²) in [7, 11) is 0.221. The summed E-state index contributed by atoms with van der Waals surface area (Å²) in [6.07, 6.45) is 0.993. The van der Waals surface area contributed by atoms with Crippen molar-refractivity contribution in [3.8, 4) is 0 Å². The summed E-state index contributed by atoms with van der Waals surface area (Å²) in [5.41, 5.74) is 0. The monoisotopic (exact) mass is 204 g/mol. The van der Waals surface area contributed by atoms with Gasteiger partial charge in [0.25, 0.3) is 0 Å². The van der Waals surface area contributed by atoms with E-state index in [-0.39, 0.29) is 6.04 Å². The van der Waals surface area contributed by atoms with E-state index in [9.17, 15) is 4.21 Å². The zero-order valence-electron chi connectivity index (χ0n) is 8.82. The molecule has 1 fully saturated rings. The molecule has 1 rings (SSSR count). The van der Waals surface area contributed by atoms with Gasteiger partial charge in [-0.2, -0.15) is 0 Å². The smallest absolute Gasteiger partial charge is 0.0563 e. The Balaban J connectivity index is 2.67. The van der Waals surface area contributed by atoms with Crippen LogP contribution in [0.25, 0.3) is 0 Å². The lowest BCUT2D eigenvalue weighted by Gasteiger charge is -2.25. The molecule has 4 heteroatoms. The summed E-state index contributed by atoms with van der Waals surface area (Å²) in [4.78, 5) is 2.22. The summed E-state index contributed by atoms with van der Waals surface area (Å²) < 4.78 is 16.5. The molecular formula is C9H20N2OS. The zero-order chi connectivity index (χ0) is 9.90. The standard InChI is InChI=1S/C9H20N2OS/c1-4-9(2)10-13(12)7-5-11(3)6-8-13/h9H,4-8H2,1-3H3. The molecule has 1 unspecified atom stereocenters. The van der Waals surface area contributed by atoms with Crippen molar-refractivity contribution in [2.24, 2.45) is 4.36 Å². The largest absolute Gasteiger partial charge is 0.304 e. The third-order valence-corrected chi connectivity index (χ3v) is 4.93. The van der Waals surface area contributed by atoms with Crippen molar-refractivity contribution in [1.29, 1.82) is 0 Å². The second-order valence-corrected chi connectivity index (χ2v) is 6.42. The van der Waals surface area contributed by atoms with Crippen molar-refractivity contribution in [2.45, 2.75) is 26.3 Å². The Hall–Kier alpha value is -0.0900. The van der Waals surface area contributed by atoms with Gasteiger partial charge in [-0.25, -0.2) is 8.57 Å². The second-order valence-electron chi connectivity index (χ2n) is 3.85. The maximum atomic E-state index is 12.1. The van der Waals surface area contributed by atoms with E-state index < -0.39 is 9.73 Å². The van der Waals surface area contributed by atoms with Crippen LogP contribution in [0.5, 0.6) is 0 Å². The highest BCUT2D eigenvalue weighted by molar-refractivity contribution is 7.93. The first-order valence-corrected chi connectivity index (χ1v) is 6.81. The predicted molar refractivity (Wildman–Crippen MR) is 57.6 cm³/mol. The Labute approximate surface area is 81.7 Å². The molecule has 0 spiro atoms. The lowest BCUT2D eigenvalue weighted by Crippen LogP contribution is -2.37. The number of hydrogen-bond acceptors (Lipinski definition) is 3. The molecule has 0 aliphatic carbocycles. The maximum absolute atomic E-state index is 12.1. The van der Waals surface area contributed by atoms with Gasteiger partial charge in [0.2, 0.25) is 0 Å². The Kier molecular flexibility index (Phi) is 3.74. The van der Waals surface area contributed by atoms with E-state index in [2.05, 4.69) is 23.2 Å². The van der Waals surface area contributed by atoms with E-state index in [1.807, 2.05) is 6.92 Å². The van der Waals surface area contributed by atoms with Crippen LogP contribution in [0.4, 0.5) is 0 Å². The molecule has 0 N–H and O–H groups in total. The van der Waals surface area contributed by atoms with Crippen molar-refractivity contribution in [2.75, 3.05) is 31.6 Å². The number of hydrogen-bond donors (Lipinski definition) is 0. The molecule has 0 amide bonds. The number of rotatable bonds is 2. The quantitative estimate of drug-likeness (QED) is 0.677. The molecule has 1 saturated heterocycles. The molecule has 0 aromatic carbocycles. The maximum Gasteiger partial charge on any atom is 0.0563 e. The average Bonchev–Trinajstić information content (AvgIpc) is 2.10. The molecule has 0 saturated carbocycles. The highest BCUT2D eigenvalue weighted by Crippen LogP contribution is 2.09. The van der Waals surface area contributed by atoms with Gasteiger partial charge >= 0.3 is 0 Å². The van der Waals surface area contributed by atoms with Crippen molar-refractivity contribution < 1.29 is 4.21 Å². The van der Waals surface area contributed by atoms with Gasteiger partial charge in [0.05, 0.1) is 6.04 Å². The summed E-state index contributed by atoms with van der Waals surface area (Å²) in [5, 5.41) is 0. The molecule has 3 nitrogen and oxygen atoms in total. The SMILES string of the molecule is CCC(C)N=S1(=O)CCN(C)CC1. The van der Waals surface area contributed by atoms with Crippen LogP contribution in [0.3, 0.4) is 0 Å². The third kappa shape index (κ3) is 3.27. The molecule has 0 bridgehead atoms. The minimum atomic E-state index is -1.85. The van der Waals surface area contributed by atoms with Crippen LogP contribution in [0, 0.1) is 0 Å². The van der Waals surface area contributed by atoms with Crippen LogP contribution in [0.15, 0.2) is 4.36 Å². The number of nitrogens with zero attached hydrogens (tertiary/aromatic N) is 2. The molecule has 1 aliphatic heterocycles. The van der Waals surface area contributed by atoms with E-state index in [1.54, 1.807) is 0 Å². The fraction of sp³-hybridized carbons (Fsp3) is 1.00. The highest BCUT2D eigenvalue weighted by Gasteiger charge is 2.18. The van der Waals surface area contributed by atoms with Gasteiger partial charge in [0.1, 0.15) is 0 Å². The first-order valence-electron chi connectivity index (χ1n) is 4.96. The van der Waals surface area contributed by atoms with Crippen LogP contribution in [0.1, 0.15) is 20.3 Å². The Morgan fingerprint density at radius 3 is 2.46 bits per heavy atom. The highest BCUT2D eigenvalue weighted by atomic mass is 32.2. The molecule has 1 atom stereocenters. The molecule has 13 heavy (non-hydrogen) atoms. The average molecular weight is 204 g/mol. The van der Waals surface area contributed by atoms with Crippen LogP contribution in [-0.2, 0) is 9.73 Å². The van der Waals surface area contributed by atoms with Crippen LogP contribution >= 0.6 is 0 Å². The zero-order valence-corrected chi connectivity index (χ0v) is 9.64. The molecule has 1 heterocycles. The van der Waals surface area contributed by atoms with Crippen molar-refractivity contribution in [1.82, 2.24) is 4.90 Å². The second kappa shape index (κ2) is 4.42. The Morgan fingerprint density at radius 2 is 2.00 bits per heavy atom. The summed E-state index contributed by atoms with van der Waals surface area (Å²) in [6, 6.07) is 0.260. The van der Waals surface area contributed by atoms with Crippen LogP contribution in [0.2, 0.25) is 0 Å². The minimum Gasteiger partial charge on any atom is -0.304 e. The van der Waals surface area contributed by atoms with Crippen LogP contribution in [-0.4, -0.2) is 46.8 Å². The van der Waals surface area contributed by atoms with Gasteiger partial charge in [0, 0.05) is 34.3 Å². The minimum absolute atomic E-state index is 0.260. The van der Waals surface area contributed by atoms with Gasteiger partial charge < -0.3 is 4.90 Å². The topological polar surface area (TPSA) is 32.7 Å². The van der Waals surface area contributed by atoms with E-state index >= 15 is 0 Å².